The van der Waals surface area contributed by atoms with Gasteiger partial charge in [0.05, 0.1) is 18.2 Å². The van der Waals surface area contributed by atoms with E-state index in [1.807, 2.05) is 42.1 Å². The Morgan fingerprint density at radius 1 is 1.47 bits per heavy atom. The minimum atomic E-state index is 0.343. The number of nitrogens with one attached hydrogen (secondary N) is 1. The molecule has 0 fully saturated rings. The summed E-state index contributed by atoms with van der Waals surface area (Å²) < 4.78 is 1.92. The van der Waals surface area contributed by atoms with Crippen molar-refractivity contribution < 1.29 is 0 Å². The van der Waals surface area contributed by atoms with Gasteiger partial charge >= 0.3 is 0 Å². The Morgan fingerprint density at radius 3 is 2.95 bits per heavy atom. The molecule has 0 aliphatic carbocycles. The van der Waals surface area contributed by atoms with Gasteiger partial charge in [0.2, 0.25) is 0 Å². The average molecular weight is 254 g/mol. The maximum absolute atomic E-state index is 8.84. The second-order valence-corrected chi connectivity index (χ2v) is 4.76. The lowest BCUT2D eigenvalue weighted by atomic mass is 10.1. The van der Waals surface area contributed by atoms with Gasteiger partial charge in [0.1, 0.15) is 0 Å². The smallest absolute Gasteiger partial charge is 0.0991 e. The molecule has 1 unspecified atom stereocenters. The molecule has 0 saturated carbocycles. The quantitative estimate of drug-likeness (QED) is 0.890. The number of rotatable bonds is 5. The molecule has 98 valence electrons. The number of hydrogen-bond donors (Lipinski definition) is 1. The lowest BCUT2D eigenvalue weighted by Gasteiger charge is -2.15. The summed E-state index contributed by atoms with van der Waals surface area (Å²) >= 11 is 0. The van der Waals surface area contributed by atoms with Crippen LogP contribution in [0.5, 0.6) is 0 Å². The second-order valence-electron chi connectivity index (χ2n) is 4.76. The van der Waals surface area contributed by atoms with E-state index in [9.17, 15) is 0 Å². The van der Waals surface area contributed by atoms with Gasteiger partial charge < -0.3 is 5.32 Å². The van der Waals surface area contributed by atoms with Crippen LogP contribution in [-0.4, -0.2) is 15.8 Å². The molecule has 0 spiro atoms. The predicted octanol–water partition coefficient (Wildman–Crippen LogP) is 2.24. The zero-order chi connectivity index (χ0) is 13.7. The summed E-state index contributed by atoms with van der Waals surface area (Å²) in [5, 5.41) is 16.5. The summed E-state index contributed by atoms with van der Waals surface area (Å²) in [5.74, 6) is 0. The van der Waals surface area contributed by atoms with Crippen LogP contribution < -0.4 is 5.32 Å². The van der Waals surface area contributed by atoms with Gasteiger partial charge in [-0.05, 0) is 43.2 Å². The number of aryl methyl sites for hydroxylation is 1. The molecule has 1 aromatic heterocycles. The topological polar surface area (TPSA) is 53.6 Å². The Hall–Kier alpha value is -2.12. The Morgan fingerprint density at radius 2 is 2.32 bits per heavy atom. The van der Waals surface area contributed by atoms with Gasteiger partial charge in [-0.3, -0.25) is 4.68 Å². The Bertz CT molecular complexity index is 566. The summed E-state index contributed by atoms with van der Waals surface area (Å²) in [7, 11) is 0. The highest BCUT2D eigenvalue weighted by Gasteiger charge is 2.05. The van der Waals surface area contributed by atoms with E-state index < -0.39 is 0 Å². The molecule has 19 heavy (non-hydrogen) atoms. The normalized spacial score (nSPS) is 12.1. The highest BCUT2D eigenvalue weighted by Crippen LogP contribution is 2.10. The first-order chi connectivity index (χ1) is 9.19. The van der Waals surface area contributed by atoms with Crippen molar-refractivity contribution in [3.8, 4) is 6.07 Å². The molecule has 0 aliphatic heterocycles. The van der Waals surface area contributed by atoms with E-state index in [0.717, 1.165) is 18.7 Å². The maximum atomic E-state index is 8.84. The van der Waals surface area contributed by atoms with Crippen molar-refractivity contribution in [3.63, 3.8) is 0 Å². The molecule has 2 aromatic rings. The van der Waals surface area contributed by atoms with E-state index in [0.29, 0.717) is 11.6 Å². The fourth-order valence-electron chi connectivity index (χ4n) is 2.00. The summed E-state index contributed by atoms with van der Waals surface area (Å²) in [4.78, 5) is 0. The molecule has 1 heterocycles. The molecule has 0 saturated heterocycles. The molecule has 1 N–H and O–H groups in total. The number of hydrogen-bond acceptors (Lipinski definition) is 3. The van der Waals surface area contributed by atoms with Crippen LogP contribution >= 0.6 is 0 Å². The minimum absolute atomic E-state index is 0.343. The van der Waals surface area contributed by atoms with E-state index in [-0.39, 0.29) is 0 Å². The van der Waals surface area contributed by atoms with Crippen LogP contribution in [0, 0.1) is 18.3 Å². The molecule has 4 nitrogen and oxygen atoms in total. The van der Waals surface area contributed by atoms with Crippen molar-refractivity contribution in [2.45, 2.75) is 33.0 Å². The van der Waals surface area contributed by atoms with E-state index in [4.69, 9.17) is 5.26 Å². The lowest BCUT2D eigenvalue weighted by molar-refractivity contribution is 0.450. The summed E-state index contributed by atoms with van der Waals surface area (Å²) in [6.45, 7) is 5.83. The highest BCUT2D eigenvalue weighted by atomic mass is 15.3. The van der Waals surface area contributed by atoms with E-state index in [1.165, 1.54) is 5.56 Å². The van der Waals surface area contributed by atoms with Crippen LogP contribution in [0.1, 0.15) is 23.6 Å². The van der Waals surface area contributed by atoms with Crippen LogP contribution in [0.3, 0.4) is 0 Å². The number of benzene rings is 1. The van der Waals surface area contributed by atoms with Crippen molar-refractivity contribution in [2.75, 3.05) is 0 Å². The third kappa shape index (κ3) is 3.67. The predicted molar refractivity (Wildman–Crippen MR) is 74.4 cm³/mol. The fraction of sp³-hybridized carbons (Fsp3) is 0.333. The second kappa shape index (κ2) is 6.17. The zero-order valence-corrected chi connectivity index (χ0v) is 11.3. The van der Waals surface area contributed by atoms with Crippen molar-refractivity contribution in [2.24, 2.45) is 0 Å². The van der Waals surface area contributed by atoms with Crippen LogP contribution in [0.15, 0.2) is 36.7 Å². The summed E-state index contributed by atoms with van der Waals surface area (Å²) in [6.07, 6.45) is 3.75. The highest BCUT2D eigenvalue weighted by molar-refractivity contribution is 5.37. The molecular weight excluding hydrogens is 236 g/mol. The maximum Gasteiger partial charge on any atom is 0.0991 e. The van der Waals surface area contributed by atoms with E-state index in [1.54, 1.807) is 6.20 Å². The van der Waals surface area contributed by atoms with Gasteiger partial charge in [-0.15, -0.1) is 0 Å². The van der Waals surface area contributed by atoms with Crippen molar-refractivity contribution in [1.29, 1.82) is 5.26 Å². The van der Waals surface area contributed by atoms with Gasteiger partial charge in [-0.1, -0.05) is 6.07 Å². The standard InChI is InChI=1S/C15H18N4/c1-12-8-14(9-16)4-5-15(12)10-17-13(2)11-19-7-3-6-18-19/h3-8,13,17H,10-11H2,1-2H3. The Labute approximate surface area is 113 Å². The van der Waals surface area contributed by atoms with E-state index >= 15 is 0 Å². The summed E-state index contributed by atoms with van der Waals surface area (Å²) in [5.41, 5.74) is 3.09. The van der Waals surface area contributed by atoms with Gasteiger partial charge in [-0.25, -0.2) is 0 Å². The average Bonchev–Trinajstić information content (AvgIpc) is 2.90. The molecular formula is C15H18N4. The van der Waals surface area contributed by atoms with Gasteiger partial charge in [0, 0.05) is 25.0 Å². The first-order valence-corrected chi connectivity index (χ1v) is 6.39. The molecule has 1 aromatic carbocycles. The molecule has 4 heteroatoms. The molecule has 0 radical (unpaired) electrons. The Kier molecular flexibility index (Phi) is 4.32. The van der Waals surface area contributed by atoms with E-state index in [2.05, 4.69) is 23.4 Å². The van der Waals surface area contributed by atoms with Crippen molar-refractivity contribution >= 4 is 0 Å². The first kappa shape index (κ1) is 13.3. The minimum Gasteiger partial charge on any atom is -0.308 e. The van der Waals surface area contributed by atoms with Gasteiger partial charge in [0.25, 0.3) is 0 Å². The van der Waals surface area contributed by atoms with Crippen LogP contribution in [0.2, 0.25) is 0 Å². The number of nitriles is 1. The Balaban J connectivity index is 1.90. The first-order valence-electron chi connectivity index (χ1n) is 6.39. The number of nitrogens with zero attached hydrogens (tertiary/aromatic N) is 3. The SMILES string of the molecule is Cc1cc(C#N)ccc1CNC(C)Cn1cccn1. The fourth-order valence-corrected chi connectivity index (χ4v) is 2.00. The monoisotopic (exact) mass is 254 g/mol. The summed E-state index contributed by atoms with van der Waals surface area (Å²) in [6, 6.07) is 10.2. The third-order valence-electron chi connectivity index (χ3n) is 3.13. The molecule has 0 amide bonds. The van der Waals surface area contributed by atoms with Gasteiger partial charge in [0.15, 0.2) is 0 Å². The zero-order valence-electron chi connectivity index (χ0n) is 11.3. The van der Waals surface area contributed by atoms with Crippen LogP contribution in [-0.2, 0) is 13.1 Å². The molecule has 0 bridgehead atoms. The largest absolute Gasteiger partial charge is 0.308 e. The van der Waals surface area contributed by atoms with Crippen LogP contribution in [0.4, 0.5) is 0 Å². The lowest BCUT2D eigenvalue weighted by Crippen LogP contribution is -2.30. The third-order valence-corrected chi connectivity index (χ3v) is 3.13. The number of aromatic nitrogens is 2. The van der Waals surface area contributed by atoms with Crippen LogP contribution in [0.25, 0.3) is 0 Å². The van der Waals surface area contributed by atoms with Gasteiger partial charge in [-0.2, -0.15) is 10.4 Å². The van der Waals surface area contributed by atoms with Crippen molar-refractivity contribution in [1.82, 2.24) is 15.1 Å². The molecule has 0 aliphatic rings. The van der Waals surface area contributed by atoms with Crippen molar-refractivity contribution in [3.05, 3.63) is 53.3 Å². The molecule has 2 rings (SSSR count). The molecule has 1 atom stereocenters.